The highest BCUT2D eigenvalue weighted by Crippen LogP contribution is 2.41. The minimum atomic E-state index is -0.708. The average molecular weight is 267 g/mol. The van der Waals surface area contributed by atoms with Gasteiger partial charge in [-0.3, -0.25) is 4.68 Å². The van der Waals surface area contributed by atoms with Crippen LogP contribution in [0.4, 0.5) is 0 Å². The number of aromatic nitrogens is 3. The van der Waals surface area contributed by atoms with Gasteiger partial charge >= 0.3 is 0 Å². The molecule has 1 aromatic rings. The molecule has 3 rings (SSSR count). The predicted molar refractivity (Wildman–Crippen MR) is 67.5 cm³/mol. The lowest BCUT2D eigenvalue weighted by molar-refractivity contribution is -0.202. The van der Waals surface area contributed by atoms with Gasteiger partial charge in [0.1, 0.15) is 12.2 Å². The van der Waals surface area contributed by atoms with Crippen molar-refractivity contribution < 1.29 is 14.6 Å². The lowest BCUT2D eigenvalue weighted by atomic mass is 9.79. The molecule has 0 unspecified atom stereocenters. The van der Waals surface area contributed by atoms with E-state index in [0.717, 1.165) is 25.2 Å². The molecule has 0 bridgehead atoms. The normalized spacial score (nSPS) is 24.9. The Morgan fingerprint density at radius 2 is 1.95 bits per heavy atom. The van der Waals surface area contributed by atoms with E-state index >= 15 is 0 Å². The van der Waals surface area contributed by atoms with Gasteiger partial charge in [0.25, 0.3) is 0 Å². The molecule has 106 valence electrons. The van der Waals surface area contributed by atoms with Crippen molar-refractivity contribution in [1.82, 2.24) is 14.8 Å². The Morgan fingerprint density at radius 3 is 2.58 bits per heavy atom. The first-order valence-electron chi connectivity index (χ1n) is 7.02. The van der Waals surface area contributed by atoms with E-state index in [4.69, 9.17) is 9.47 Å². The van der Waals surface area contributed by atoms with Crippen molar-refractivity contribution in [1.29, 1.82) is 0 Å². The highest BCUT2D eigenvalue weighted by molar-refractivity contribution is 4.99. The third kappa shape index (κ3) is 2.52. The molecular formula is C13H21N3O3. The molecule has 6 heteroatoms. The van der Waals surface area contributed by atoms with Crippen LogP contribution in [-0.2, 0) is 22.4 Å². The van der Waals surface area contributed by atoms with Gasteiger partial charge in [-0.25, -0.2) is 4.98 Å². The zero-order valence-electron chi connectivity index (χ0n) is 11.3. The van der Waals surface area contributed by atoms with E-state index in [1.165, 1.54) is 0 Å². The van der Waals surface area contributed by atoms with Gasteiger partial charge in [-0.05, 0) is 19.8 Å². The quantitative estimate of drug-likeness (QED) is 0.880. The van der Waals surface area contributed by atoms with E-state index in [-0.39, 0.29) is 0 Å². The van der Waals surface area contributed by atoms with E-state index in [1.807, 2.05) is 11.6 Å². The zero-order valence-corrected chi connectivity index (χ0v) is 11.3. The Bertz CT molecular complexity index is 430. The van der Waals surface area contributed by atoms with E-state index in [0.29, 0.717) is 32.5 Å². The fourth-order valence-corrected chi connectivity index (χ4v) is 3.04. The van der Waals surface area contributed by atoms with E-state index in [2.05, 4.69) is 10.1 Å². The number of rotatable bonds is 3. The van der Waals surface area contributed by atoms with Gasteiger partial charge in [-0.15, -0.1) is 0 Å². The second-order valence-corrected chi connectivity index (χ2v) is 5.50. The minimum Gasteiger partial charge on any atom is -0.389 e. The number of hydrogen-bond acceptors (Lipinski definition) is 5. The molecule has 1 aliphatic heterocycles. The SMILES string of the molecule is CCn1ncnc1CC1(O)CCC2(CC1)OCCO2. The van der Waals surface area contributed by atoms with Crippen molar-refractivity contribution in [3.8, 4) is 0 Å². The second kappa shape index (κ2) is 4.85. The van der Waals surface area contributed by atoms with E-state index in [1.54, 1.807) is 6.33 Å². The standard InChI is InChI=1S/C13H21N3O3/c1-2-16-11(14-10-15-16)9-12(17)3-5-13(6-4-12)18-7-8-19-13/h10,17H,2-9H2,1H3. The van der Waals surface area contributed by atoms with Crippen molar-refractivity contribution >= 4 is 0 Å². The lowest BCUT2D eigenvalue weighted by Gasteiger charge is -2.40. The molecule has 0 aromatic carbocycles. The van der Waals surface area contributed by atoms with E-state index < -0.39 is 11.4 Å². The van der Waals surface area contributed by atoms with Crippen molar-refractivity contribution in [2.24, 2.45) is 0 Å². The van der Waals surface area contributed by atoms with Gasteiger partial charge in [-0.1, -0.05) is 0 Å². The van der Waals surface area contributed by atoms with Gasteiger partial charge in [0.15, 0.2) is 5.79 Å². The Morgan fingerprint density at radius 1 is 1.26 bits per heavy atom. The van der Waals surface area contributed by atoms with Gasteiger partial charge in [0.05, 0.1) is 18.8 Å². The summed E-state index contributed by atoms with van der Waals surface area (Å²) >= 11 is 0. The van der Waals surface area contributed by atoms with Crippen LogP contribution >= 0.6 is 0 Å². The fourth-order valence-electron chi connectivity index (χ4n) is 3.04. The fraction of sp³-hybridized carbons (Fsp3) is 0.846. The van der Waals surface area contributed by atoms with Gasteiger partial charge in [-0.2, -0.15) is 5.10 Å². The Hall–Kier alpha value is -0.980. The molecule has 1 saturated heterocycles. The first-order chi connectivity index (χ1) is 9.15. The number of hydrogen-bond donors (Lipinski definition) is 1. The van der Waals surface area contributed by atoms with Crippen molar-refractivity contribution in [2.45, 2.75) is 57.0 Å². The number of aryl methyl sites for hydroxylation is 1. The van der Waals surface area contributed by atoms with Crippen LogP contribution in [0, 0.1) is 0 Å². The lowest BCUT2D eigenvalue weighted by Crippen LogP contribution is -2.45. The highest BCUT2D eigenvalue weighted by Gasteiger charge is 2.45. The maximum Gasteiger partial charge on any atom is 0.168 e. The smallest absolute Gasteiger partial charge is 0.168 e. The molecule has 1 aromatic heterocycles. The highest BCUT2D eigenvalue weighted by atomic mass is 16.7. The summed E-state index contributed by atoms with van der Waals surface area (Å²) in [5.74, 6) is 0.430. The minimum absolute atomic E-state index is 0.426. The molecule has 1 saturated carbocycles. The average Bonchev–Trinajstić information content (AvgIpc) is 3.03. The molecule has 1 spiro atoms. The summed E-state index contributed by atoms with van der Waals surface area (Å²) in [7, 11) is 0. The zero-order chi connectivity index (χ0) is 13.3. The molecule has 1 N–H and O–H groups in total. The Balaban J connectivity index is 1.65. The van der Waals surface area contributed by atoms with Crippen LogP contribution in [0.15, 0.2) is 6.33 Å². The van der Waals surface area contributed by atoms with Crippen LogP contribution in [0.25, 0.3) is 0 Å². The maximum atomic E-state index is 10.7. The largest absolute Gasteiger partial charge is 0.389 e. The topological polar surface area (TPSA) is 69.4 Å². The van der Waals surface area contributed by atoms with Crippen molar-refractivity contribution in [3.63, 3.8) is 0 Å². The Labute approximate surface area is 112 Å². The Kier molecular flexibility index (Phi) is 3.32. The van der Waals surface area contributed by atoms with Crippen molar-refractivity contribution in [2.75, 3.05) is 13.2 Å². The van der Waals surface area contributed by atoms with Crippen LogP contribution < -0.4 is 0 Å². The van der Waals surface area contributed by atoms with Crippen molar-refractivity contribution in [3.05, 3.63) is 12.2 Å². The molecule has 0 amide bonds. The monoisotopic (exact) mass is 267 g/mol. The van der Waals surface area contributed by atoms with Gasteiger partial charge in [0.2, 0.25) is 0 Å². The summed E-state index contributed by atoms with van der Waals surface area (Å²) in [6.45, 7) is 4.14. The molecule has 2 aliphatic rings. The first kappa shape index (κ1) is 13.0. The summed E-state index contributed by atoms with van der Waals surface area (Å²) < 4.78 is 13.2. The third-order valence-electron chi connectivity index (χ3n) is 4.24. The van der Waals surface area contributed by atoms with Gasteiger partial charge < -0.3 is 14.6 Å². The molecule has 6 nitrogen and oxygen atoms in total. The maximum absolute atomic E-state index is 10.7. The van der Waals surface area contributed by atoms with Crippen LogP contribution in [0.2, 0.25) is 0 Å². The first-order valence-corrected chi connectivity index (χ1v) is 7.02. The molecular weight excluding hydrogens is 246 g/mol. The third-order valence-corrected chi connectivity index (χ3v) is 4.24. The van der Waals surface area contributed by atoms with Crippen LogP contribution in [0.5, 0.6) is 0 Å². The summed E-state index contributed by atoms with van der Waals surface area (Å²) in [4.78, 5) is 4.24. The summed E-state index contributed by atoms with van der Waals surface area (Å²) in [5, 5.41) is 14.9. The number of aliphatic hydroxyl groups is 1. The molecule has 2 fully saturated rings. The van der Waals surface area contributed by atoms with Gasteiger partial charge in [0, 0.05) is 25.8 Å². The van der Waals surface area contributed by atoms with E-state index in [9.17, 15) is 5.11 Å². The molecule has 0 atom stereocenters. The molecule has 0 radical (unpaired) electrons. The van der Waals surface area contributed by atoms with Crippen LogP contribution in [0.1, 0.15) is 38.4 Å². The molecule has 19 heavy (non-hydrogen) atoms. The number of nitrogens with zero attached hydrogens (tertiary/aromatic N) is 3. The predicted octanol–water partition coefficient (Wildman–Crippen LogP) is 0.889. The summed E-state index contributed by atoms with van der Waals surface area (Å²) in [6.07, 6.45) is 4.98. The van der Waals surface area contributed by atoms with Crippen LogP contribution in [-0.4, -0.2) is 44.5 Å². The van der Waals surface area contributed by atoms with Crippen LogP contribution in [0.3, 0.4) is 0 Å². The number of ether oxygens (including phenoxy) is 2. The summed E-state index contributed by atoms with van der Waals surface area (Å²) in [6, 6.07) is 0. The molecule has 1 aliphatic carbocycles. The second-order valence-electron chi connectivity index (χ2n) is 5.50. The summed E-state index contributed by atoms with van der Waals surface area (Å²) in [5.41, 5.74) is -0.708. The molecule has 2 heterocycles.